The van der Waals surface area contributed by atoms with Gasteiger partial charge in [-0.3, -0.25) is 5.43 Å². The highest BCUT2D eigenvalue weighted by atomic mass is 127. The number of halogens is 1. The van der Waals surface area contributed by atoms with Crippen LogP contribution in [0.3, 0.4) is 0 Å². The van der Waals surface area contributed by atoms with Gasteiger partial charge in [-0.1, -0.05) is 18.2 Å². The smallest absolute Gasteiger partial charge is 0.0624 e. The fraction of sp³-hybridized carbons (Fsp3) is 0.438. The monoisotopic (exact) mass is 383 g/mol. The van der Waals surface area contributed by atoms with Gasteiger partial charge in [-0.25, -0.2) is 0 Å². The number of allylic oxidation sites excluding steroid dienone is 2. The van der Waals surface area contributed by atoms with Crippen molar-refractivity contribution in [2.45, 2.75) is 32.1 Å². The average Bonchev–Trinajstić information content (AvgIpc) is 3.01. The van der Waals surface area contributed by atoms with Crippen LogP contribution in [0.4, 0.5) is 5.69 Å². The van der Waals surface area contributed by atoms with Crippen LogP contribution < -0.4 is 5.43 Å². The molecule has 4 heteroatoms. The maximum atomic E-state index is 4.54. The lowest BCUT2D eigenvalue weighted by Crippen LogP contribution is -2.22. The summed E-state index contributed by atoms with van der Waals surface area (Å²) in [5, 5.41) is 4.54. The average molecular weight is 383 g/mol. The third-order valence-corrected chi connectivity index (χ3v) is 3.81. The number of anilines is 1. The van der Waals surface area contributed by atoms with E-state index >= 15 is 0 Å². The molecule has 1 N–H and O–H groups in total. The van der Waals surface area contributed by atoms with E-state index in [1.165, 1.54) is 50.2 Å². The summed E-state index contributed by atoms with van der Waals surface area (Å²) in [7, 11) is 0. The molecule has 1 fully saturated rings. The van der Waals surface area contributed by atoms with Crippen molar-refractivity contribution in [1.29, 1.82) is 0 Å². The Morgan fingerprint density at radius 3 is 2.45 bits per heavy atom. The Balaban J connectivity index is 0.00000147. The van der Waals surface area contributed by atoms with Crippen LogP contribution in [-0.2, 0) is 0 Å². The Bertz CT molecular complexity index is 476. The summed E-state index contributed by atoms with van der Waals surface area (Å²) in [6.45, 7) is 2.45. The molecule has 1 saturated heterocycles. The summed E-state index contributed by atoms with van der Waals surface area (Å²) in [5.41, 5.74) is 6.86. The molecule has 0 amide bonds. The zero-order valence-corrected chi connectivity index (χ0v) is 14.0. The van der Waals surface area contributed by atoms with Crippen LogP contribution in [0.5, 0.6) is 0 Å². The number of likely N-dealkylation sites (tertiary alicyclic amines) is 1. The van der Waals surface area contributed by atoms with Crippen LogP contribution in [0.1, 0.15) is 32.1 Å². The SMILES string of the molecule is C1=C(N2CCCC2)CCCC1=NNc1ccccc1.I. The molecular formula is C16H22IN3. The van der Waals surface area contributed by atoms with E-state index in [4.69, 9.17) is 0 Å². The van der Waals surface area contributed by atoms with Gasteiger partial charge in [0.15, 0.2) is 0 Å². The van der Waals surface area contributed by atoms with Crippen molar-refractivity contribution in [1.82, 2.24) is 4.90 Å². The largest absolute Gasteiger partial charge is 0.375 e. The maximum absolute atomic E-state index is 4.54. The lowest BCUT2D eigenvalue weighted by Gasteiger charge is -2.24. The van der Waals surface area contributed by atoms with Crippen LogP contribution in [0.2, 0.25) is 0 Å². The predicted octanol–water partition coefficient (Wildman–Crippen LogP) is 4.24. The quantitative estimate of drug-likeness (QED) is 0.625. The fourth-order valence-corrected chi connectivity index (χ4v) is 2.78. The van der Waals surface area contributed by atoms with E-state index in [1.807, 2.05) is 30.3 Å². The van der Waals surface area contributed by atoms with E-state index in [2.05, 4.69) is 21.5 Å². The van der Waals surface area contributed by atoms with Gasteiger partial charge in [0.25, 0.3) is 0 Å². The van der Waals surface area contributed by atoms with Gasteiger partial charge in [0.1, 0.15) is 0 Å². The van der Waals surface area contributed by atoms with Crippen LogP contribution in [0.25, 0.3) is 0 Å². The zero-order chi connectivity index (χ0) is 12.9. The molecule has 0 aromatic heterocycles. The molecule has 0 atom stereocenters. The Kier molecular flexibility index (Phi) is 5.88. The molecule has 0 saturated carbocycles. The molecule has 20 heavy (non-hydrogen) atoms. The van der Waals surface area contributed by atoms with Crippen molar-refractivity contribution < 1.29 is 0 Å². The molecule has 1 aromatic carbocycles. The van der Waals surface area contributed by atoms with Gasteiger partial charge in [0.05, 0.1) is 11.4 Å². The Morgan fingerprint density at radius 2 is 1.70 bits per heavy atom. The van der Waals surface area contributed by atoms with Gasteiger partial charge in [-0.05, 0) is 50.3 Å². The molecule has 2 aliphatic rings. The molecule has 0 spiro atoms. The summed E-state index contributed by atoms with van der Waals surface area (Å²) in [6, 6.07) is 10.1. The molecule has 1 aliphatic carbocycles. The van der Waals surface area contributed by atoms with Crippen molar-refractivity contribution in [3.63, 3.8) is 0 Å². The second-order valence-corrected chi connectivity index (χ2v) is 5.26. The number of nitrogens with zero attached hydrogens (tertiary/aromatic N) is 2. The highest BCUT2D eigenvalue weighted by molar-refractivity contribution is 14.0. The first kappa shape index (κ1) is 15.4. The van der Waals surface area contributed by atoms with E-state index in [1.54, 1.807) is 0 Å². The van der Waals surface area contributed by atoms with Crippen LogP contribution in [0, 0.1) is 0 Å². The zero-order valence-electron chi connectivity index (χ0n) is 11.7. The van der Waals surface area contributed by atoms with Crippen LogP contribution >= 0.6 is 24.0 Å². The summed E-state index contributed by atoms with van der Waals surface area (Å²) >= 11 is 0. The molecule has 1 heterocycles. The standard InChI is InChI=1S/C16H21N3.HI/c1-2-7-14(8-3-1)17-18-15-9-6-10-16(13-15)19-11-4-5-12-19;/h1-3,7-8,13,17H,4-6,9-12H2;1H. The van der Waals surface area contributed by atoms with E-state index in [9.17, 15) is 0 Å². The summed E-state index contributed by atoms with van der Waals surface area (Å²) in [4.78, 5) is 2.52. The second kappa shape index (κ2) is 7.67. The van der Waals surface area contributed by atoms with Crippen molar-refractivity contribution >= 4 is 35.4 Å². The van der Waals surface area contributed by atoms with Crippen molar-refractivity contribution in [2.24, 2.45) is 5.10 Å². The molecule has 3 rings (SSSR count). The Labute approximate surface area is 138 Å². The molecule has 0 unspecified atom stereocenters. The normalized spacial score (nSPS) is 20.5. The van der Waals surface area contributed by atoms with Gasteiger partial charge in [0, 0.05) is 18.8 Å². The van der Waals surface area contributed by atoms with Gasteiger partial charge in [-0.2, -0.15) is 5.10 Å². The minimum atomic E-state index is 0. The molecule has 108 valence electrons. The number of rotatable bonds is 3. The van der Waals surface area contributed by atoms with E-state index in [-0.39, 0.29) is 24.0 Å². The molecule has 1 aliphatic heterocycles. The van der Waals surface area contributed by atoms with Gasteiger partial charge >= 0.3 is 0 Å². The highest BCUT2D eigenvalue weighted by Gasteiger charge is 2.18. The Hall–Kier alpha value is -1.04. The number of hydrogen-bond acceptors (Lipinski definition) is 3. The van der Waals surface area contributed by atoms with E-state index in [0.29, 0.717) is 0 Å². The number of benzene rings is 1. The summed E-state index contributed by atoms with van der Waals surface area (Å²) < 4.78 is 0. The van der Waals surface area contributed by atoms with Gasteiger partial charge in [-0.15, -0.1) is 24.0 Å². The lowest BCUT2D eigenvalue weighted by atomic mass is 10.0. The first-order valence-corrected chi connectivity index (χ1v) is 7.25. The number of para-hydroxylation sites is 1. The van der Waals surface area contributed by atoms with E-state index < -0.39 is 0 Å². The van der Waals surface area contributed by atoms with Crippen molar-refractivity contribution in [3.05, 3.63) is 42.1 Å². The number of hydrazone groups is 1. The molecular weight excluding hydrogens is 361 g/mol. The third-order valence-electron chi connectivity index (χ3n) is 3.81. The molecule has 3 nitrogen and oxygen atoms in total. The van der Waals surface area contributed by atoms with Crippen molar-refractivity contribution in [3.8, 4) is 0 Å². The predicted molar refractivity (Wildman–Crippen MR) is 95.7 cm³/mol. The summed E-state index contributed by atoms with van der Waals surface area (Å²) in [5.74, 6) is 0. The lowest BCUT2D eigenvalue weighted by molar-refractivity contribution is 0.404. The minimum Gasteiger partial charge on any atom is -0.375 e. The highest BCUT2D eigenvalue weighted by Crippen LogP contribution is 2.23. The molecule has 0 bridgehead atoms. The molecule has 1 aromatic rings. The summed E-state index contributed by atoms with van der Waals surface area (Å²) in [6.07, 6.45) is 8.47. The Morgan fingerprint density at radius 1 is 0.950 bits per heavy atom. The van der Waals surface area contributed by atoms with Gasteiger partial charge < -0.3 is 4.90 Å². The van der Waals surface area contributed by atoms with Crippen LogP contribution in [0.15, 0.2) is 47.2 Å². The minimum absolute atomic E-state index is 0. The topological polar surface area (TPSA) is 27.6 Å². The number of hydrogen-bond donors (Lipinski definition) is 1. The van der Waals surface area contributed by atoms with Gasteiger partial charge in [0.2, 0.25) is 0 Å². The van der Waals surface area contributed by atoms with E-state index in [0.717, 1.165) is 12.1 Å². The molecule has 0 radical (unpaired) electrons. The second-order valence-electron chi connectivity index (χ2n) is 5.26. The van der Waals surface area contributed by atoms with Crippen LogP contribution in [-0.4, -0.2) is 23.7 Å². The maximum Gasteiger partial charge on any atom is 0.0624 e. The van der Waals surface area contributed by atoms with Crippen molar-refractivity contribution in [2.75, 3.05) is 18.5 Å². The first-order chi connectivity index (χ1) is 9.42. The first-order valence-electron chi connectivity index (χ1n) is 7.25. The number of nitrogens with one attached hydrogen (secondary N) is 1. The third kappa shape index (κ3) is 3.98. The fourth-order valence-electron chi connectivity index (χ4n) is 2.78.